The Morgan fingerprint density at radius 2 is 2.08 bits per heavy atom. The van der Waals surface area contributed by atoms with Crippen molar-refractivity contribution in [2.45, 2.75) is 10.9 Å². The minimum Gasteiger partial charge on any atom is -0.508 e. The quantitative estimate of drug-likeness (QED) is 0.536. The predicted octanol–water partition coefficient (Wildman–Crippen LogP) is 1.82. The summed E-state index contributed by atoms with van der Waals surface area (Å²) in [7, 11) is 0. The average Bonchev–Trinajstić information content (AvgIpc) is 3.03. The van der Waals surface area contributed by atoms with Crippen LogP contribution in [-0.4, -0.2) is 31.3 Å². The number of hydrogen-bond donors (Lipinski definition) is 2. The molecule has 24 heavy (non-hydrogen) atoms. The normalized spacial score (nSPS) is 11.2. The molecule has 0 amide bonds. The number of nitrogens with zero attached hydrogens (tertiary/aromatic N) is 4. The Morgan fingerprint density at radius 1 is 1.29 bits per heavy atom. The third-order valence-corrected chi connectivity index (χ3v) is 3.89. The van der Waals surface area contributed by atoms with E-state index in [0.29, 0.717) is 16.7 Å². The molecule has 3 aromatic rings. The fourth-order valence-corrected chi connectivity index (χ4v) is 2.49. The van der Waals surface area contributed by atoms with E-state index in [0.717, 1.165) is 11.8 Å². The molecule has 0 unspecified atom stereocenters. The van der Waals surface area contributed by atoms with Crippen molar-refractivity contribution in [2.75, 3.05) is 0 Å². The molecular weight excluding hydrogens is 332 g/mol. The Morgan fingerprint density at radius 3 is 2.83 bits per heavy atom. The Kier molecular flexibility index (Phi) is 4.62. The largest absolute Gasteiger partial charge is 0.508 e. The molecule has 2 N–H and O–H groups in total. The van der Waals surface area contributed by atoms with E-state index in [9.17, 15) is 9.90 Å². The van der Waals surface area contributed by atoms with Crippen LogP contribution in [0.4, 0.5) is 0 Å². The van der Waals surface area contributed by atoms with Crippen LogP contribution in [0.15, 0.2) is 62.4 Å². The summed E-state index contributed by atoms with van der Waals surface area (Å²) >= 11 is 1.28. The SMILES string of the molecule is O=c1cc(CSc2nncn2N=Cc2ccc(O)cc2)occ1O. The highest BCUT2D eigenvalue weighted by atomic mass is 32.2. The third kappa shape index (κ3) is 3.82. The number of hydrogen-bond acceptors (Lipinski definition) is 8. The summed E-state index contributed by atoms with van der Waals surface area (Å²) in [5.74, 6) is 0.497. The van der Waals surface area contributed by atoms with Gasteiger partial charge in [-0.1, -0.05) is 11.8 Å². The molecule has 0 aliphatic carbocycles. The highest BCUT2D eigenvalue weighted by Crippen LogP contribution is 2.20. The van der Waals surface area contributed by atoms with E-state index in [4.69, 9.17) is 9.52 Å². The first kappa shape index (κ1) is 15.8. The predicted molar refractivity (Wildman–Crippen MR) is 87.3 cm³/mol. The Balaban J connectivity index is 1.69. The van der Waals surface area contributed by atoms with Crippen molar-refractivity contribution in [3.8, 4) is 11.5 Å². The van der Waals surface area contributed by atoms with Crippen molar-refractivity contribution < 1.29 is 14.6 Å². The fraction of sp³-hybridized carbons (Fsp3) is 0.0667. The molecule has 0 atom stereocenters. The minimum absolute atomic E-state index is 0.183. The number of aromatic hydroxyl groups is 2. The summed E-state index contributed by atoms with van der Waals surface area (Å²) < 4.78 is 6.61. The van der Waals surface area contributed by atoms with Gasteiger partial charge in [0.05, 0.1) is 12.0 Å². The van der Waals surface area contributed by atoms with Crippen LogP contribution >= 0.6 is 11.8 Å². The lowest BCUT2D eigenvalue weighted by Gasteiger charge is -2.01. The Hall–Kier alpha value is -3.07. The third-order valence-electron chi connectivity index (χ3n) is 2.93. The van der Waals surface area contributed by atoms with Crippen molar-refractivity contribution in [2.24, 2.45) is 5.10 Å². The van der Waals surface area contributed by atoms with Gasteiger partial charge >= 0.3 is 0 Å². The maximum atomic E-state index is 11.4. The highest BCUT2D eigenvalue weighted by molar-refractivity contribution is 7.98. The molecule has 2 aromatic heterocycles. The smallest absolute Gasteiger partial charge is 0.226 e. The van der Waals surface area contributed by atoms with Gasteiger partial charge in [0, 0.05) is 6.07 Å². The van der Waals surface area contributed by atoms with Gasteiger partial charge in [-0.25, -0.2) is 0 Å². The molecule has 3 rings (SSSR count). The zero-order valence-corrected chi connectivity index (χ0v) is 13.1. The van der Waals surface area contributed by atoms with Gasteiger partial charge in [-0.2, -0.15) is 9.78 Å². The molecule has 0 radical (unpaired) electrons. The molecule has 0 spiro atoms. The van der Waals surface area contributed by atoms with Crippen molar-refractivity contribution in [1.29, 1.82) is 0 Å². The van der Waals surface area contributed by atoms with Crippen molar-refractivity contribution in [1.82, 2.24) is 14.9 Å². The van der Waals surface area contributed by atoms with E-state index < -0.39 is 11.2 Å². The fourth-order valence-electron chi connectivity index (χ4n) is 1.74. The van der Waals surface area contributed by atoms with Crippen LogP contribution in [0.5, 0.6) is 11.5 Å². The number of phenolic OH excluding ortho intramolecular Hbond substituents is 1. The molecule has 8 nitrogen and oxygen atoms in total. The number of benzene rings is 1. The second-order valence-electron chi connectivity index (χ2n) is 4.68. The van der Waals surface area contributed by atoms with E-state index in [1.807, 2.05) is 0 Å². The van der Waals surface area contributed by atoms with Crippen LogP contribution in [0, 0.1) is 0 Å². The van der Waals surface area contributed by atoms with Gasteiger partial charge in [0.2, 0.25) is 10.6 Å². The summed E-state index contributed by atoms with van der Waals surface area (Å²) in [6, 6.07) is 7.80. The first-order valence-electron chi connectivity index (χ1n) is 6.79. The highest BCUT2D eigenvalue weighted by Gasteiger charge is 2.07. The molecule has 1 aromatic carbocycles. The van der Waals surface area contributed by atoms with E-state index in [-0.39, 0.29) is 5.75 Å². The van der Waals surface area contributed by atoms with Crippen LogP contribution in [0.2, 0.25) is 0 Å². The second kappa shape index (κ2) is 7.01. The van der Waals surface area contributed by atoms with E-state index in [1.165, 1.54) is 28.8 Å². The number of phenols is 1. The van der Waals surface area contributed by atoms with Gasteiger partial charge in [-0.05, 0) is 29.8 Å². The lowest BCUT2D eigenvalue weighted by atomic mass is 10.2. The standard InChI is InChI=1S/C15H12N4O4S/c20-11-3-1-10(2-4-11)6-17-19-9-16-18-15(19)24-8-12-5-13(21)14(22)7-23-12/h1-7,9,20,22H,8H2. The van der Waals surface area contributed by atoms with Crippen LogP contribution in [0.1, 0.15) is 11.3 Å². The summed E-state index contributed by atoms with van der Waals surface area (Å²) in [6.45, 7) is 0. The number of aromatic nitrogens is 3. The topological polar surface area (TPSA) is 114 Å². The van der Waals surface area contributed by atoms with Gasteiger partial charge in [0.25, 0.3) is 0 Å². The Labute approximate surface area is 140 Å². The summed E-state index contributed by atoms with van der Waals surface area (Å²) in [5, 5.41) is 30.9. The minimum atomic E-state index is -0.497. The Bertz CT molecular complexity index is 918. The van der Waals surface area contributed by atoms with Gasteiger partial charge in [-0.3, -0.25) is 4.79 Å². The molecule has 0 bridgehead atoms. The molecule has 0 aliphatic rings. The van der Waals surface area contributed by atoms with Gasteiger partial charge in [0.1, 0.15) is 24.1 Å². The first-order chi connectivity index (χ1) is 11.6. The lowest BCUT2D eigenvalue weighted by molar-refractivity contribution is 0.419. The van der Waals surface area contributed by atoms with Crippen LogP contribution < -0.4 is 5.43 Å². The van der Waals surface area contributed by atoms with Crippen molar-refractivity contribution in [3.63, 3.8) is 0 Å². The maximum absolute atomic E-state index is 11.4. The van der Waals surface area contributed by atoms with Crippen LogP contribution in [-0.2, 0) is 5.75 Å². The van der Waals surface area contributed by atoms with E-state index in [1.54, 1.807) is 30.5 Å². The molecule has 0 aliphatic heterocycles. The monoisotopic (exact) mass is 344 g/mol. The molecule has 0 saturated heterocycles. The zero-order valence-electron chi connectivity index (χ0n) is 12.2. The van der Waals surface area contributed by atoms with Crippen LogP contribution in [0.3, 0.4) is 0 Å². The van der Waals surface area contributed by atoms with E-state index >= 15 is 0 Å². The second-order valence-corrected chi connectivity index (χ2v) is 5.62. The van der Waals surface area contributed by atoms with E-state index in [2.05, 4.69) is 15.3 Å². The molecular formula is C15H12N4O4S. The molecule has 2 heterocycles. The van der Waals surface area contributed by atoms with Gasteiger partial charge < -0.3 is 14.6 Å². The van der Waals surface area contributed by atoms with Gasteiger partial charge in [0.15, 0.2) is 5.75 Å². The molecule has 0 saturated carbocycles. The number of thioether (sulfide) groups is 1. The molecule has 9 heteroatoms. The van der Waals surface area contributed by atoms with Crippen LogP contribution in [0.25, 0.3) is 0 Å². The molecule has 0 fully saturated rings. The lowest BCUT2D eigenvalue weighted by Crippen LogP contribution is -1.99. The summed E-state index contributed by atoms with van der Waals surface area (Å²) in [4.78, 5) is 11.4. The maximum Gasteiger partial charge on any atom is 0.226 e. The first-order valence-corrected chi connectivity index (χ1v) is 7.77. The van der Waals surface area contributed by atoms with Gasteiger partial charge in [-0.15, -0.1) is 10.2 Å². The van der Waals surface area contributed by atoms with Crippen molar-refractivity contribution in [3.05, 3.63) is 64.5 Å². The summed E-state index contributed by atoms with van der Waals surface area (Å²) in [5.41, 5.74) is 0.311. The summed E-state index contributed by atoms with van der Waals surface area (Å²) in [6.07, 6.45) is 4.06. The zero-order chi connectivity index (χ0) is 16.9. The number of rotatable bonds is 5. The molecule has 122 valence electrons. The average molecular weight is 344 g/mol. The van der Waals surface area contributed by atoms with Crippen molar-refractivity contribution >= 4 is 18.0 Å².